The van der Waals surface area contributed by atoms with Crippen LogP contribution in [0.2, 0.25) is 20.1 Å². The molecule has 1 N–H and O–H groups in total. The molecule has 0 saturated heterocycles. The van der Waals surface area contributed by atoms with E-state index in [-0.39, 0.29) is 31.2 Å². The lowest BCUT2D eigenvalue weighted by Crippen LogP contribution is -2.15. The topological polar surface area (TPSA) is 59.1 Å². The van der Waals surface area contributed by atoms with Crippen LogP contribution in [0.4, 0.5) is 14.5 Å². The third-order valence-electron chi connectivity index (χ3n) is 3.53. The Morgan fingerprint density at radius 3 is 1.53 bits per heavy atom. The number of benzene rings is 2. The van der Waals surface area contributed by atoms with Crippen LogP contribution in [0.3, 0.4) is 0 Å². The Hall–Kier alpha value is -0.500. The van der Waals surface area contributed by atoms with Crippen molar-refractivity contribution < 1.29 is 18.4 Å². The molecule has 32 heavy (non-hydrogen) atoms. The highest BCUT2D eigenvalue weighted by atomic mass is 127. The smallest absolute Gasteiger partial charge is 0.258 e. The highest BCUT2D eigenvalue weighted by Crippen LogP contribution is 2.30. The number of nitrogens with zero attached hydrogens (tertiary/aromatic N) is 1. The lowest BCUT2D eigenvalue weighted by molar-refractivity contribution is 0.102. The van der Waals surface area contributed by atoms with Crippen LogP contribution >= 0.6 is 103 Å². The van der Waals surface area contributed by atoms with Gasteiger partial charge in [0.15, 0.2) is 11.6 Å². The van der Waals surface area contributed by atoms with Gasteiger partial charge in [0.25, 0.3) is 11.1 Å². The Bertz CT molecular complexity index is 1150. The van der Waals surface area contributed by atoms with Crippen molar-refractivity contribution in [1.29, 1.82) is 0 Å². The summed E-state index contributed by atoms with van der Waals surface area (Å²) >= 11 is 32.6. The van der Waals surface area contributed by atoms with Gasteiger partial charge in [-0.05, 0) is 81.0 Å². The molecule has 0 atom stereocenters. The Labute approximate surface area is 233 Å². The van der Waals surface area contributed by atoms with Gasteiger partial charge in [-0.3, -0.25) is 14.6 Å². The van der Waals surface area contributed by atoms with E-state index in [0.29, 0.717) is 0 Å². The van der Waals surface area contributed by atoms with E-state index >= 15 is 0 Å². The first kappa shape index (κ1) is 27.7. The van der Waals surface area contributed by atoms with E-state index in [1.54, 1.807) is 12.1 Å². The van der Waals surface area contributed by atoms with E-state index in [1.165, 1.54) is 12.1 Å². The SMILES string of the molecule is O=C(Cl)c1c(Cl)cc(I)cc1Cl.O=C(Nc1c(F)cncc1F)c1c(Cl)cc(I)cc1Cl. The molecule has 2 aromatic carbocycles. The summed E-state index contributed by atoms with van der Waals surface area (Å²) in [5.74, 6) is -2.78. The average molecular weight is 764 g/mol. The number of carbonyl (C=O) groups excluding carboxylic acids is 2. The number of halogens is 9. The molecule has 0 bridgehead atoms. The summed E-state index contributed by atoms with van der Waals surface area (Å²) in [5, 5.41) is 2.21. The molecule has 0 radical (unpaired) electrons. The first-order chi connectivity index (χ1) is 14.9. The van der Waals surface area contributed by atoms with Crippen molar-refractivity contribution in [2.75, 3.05) is 5.32 Å². The molecule has 0 unspecified atom stereocenters. The highest BCUT2D eigenvalue weighted by molar-refractivity contribution is 14.1. The minimum absolute atomic E-state index is 0.0515. The first-order valence-electron chi connectivity index (χ1n) is 8.01. The molecule has 0 aliphatic rings. The van der Waals surface area contributed by atoms with Gasteiger partial charge >= 0.3 is 0 Å². The van der Waals surface area contributed by atoms with Crippen molar-refractivity contribution >= 4 is 120 Å². The Morgan fingerprint density at radius 2 is 1.16 bits per heavy atom. The molecule has 0 saturated carbocycles. The van der Waals surface area contributed by atoms with E-state index in [0.717, 1.165) is 19.5 Å². The Morgan fingerprint density at radius 1 is 0.781 bits per heavy atom. The predicted molar refractivity (Wildman–Crippen MR) is 141 cm³/mol. The number of aromatic nitrogens is 1. The number of amides is 1. The van der Waals surface area contributed by atoms with Crippen molar-refractivity contribution in [3.63, 3.8) is 0 Å². The molecule has 1 amide bonds. The molecule has 0 fully saturated rings. The maximum absolute atomic E-state index is 13.4. The molecule has 0 aliphatic heterocycles. The molecule has 0 spiro atoms. The largest absolute Gasteiger partial charge is 0.317 e. The maximum atomic E-state index is 13.4. The number of hydrogen-bond donors (Lipinski definition) is 1. The minimum Gasteiger partial charge on any atom is -0.317 e. The second-order valence-electron chi connectivity index (χ2n) is 5.69. The van der Waals surface area contributed by atoms with E-state index < -0.39 is 28.5 Å². The number of hydrogen-bond acceptors (Lipinski definition) is 3. The molecular formula is C19H7Cl5F2I2N2O2. The number of rotatable bonds is 3. The molecular weight excluding hydrogens is 757 g/mol. The molecule has 4 nitrogen and oxygen atoms in total. The molecule has 3 aromatic rings. The van der Waals surface area contributed by atoms with Crippen LogP contribution in [-0.4, -0.2) is 16.1 Å². The van der Waals surface area contributed by atoms with Gasteiger partial charge < -0.3 is 5.32 Å². The third-order valence-corrected chi connectivity index (χ3v) is 6.16. The van der Waals surface area contributed by atoms with Gasteiger partial charge in [-0.25, -0.2) is 8.78 Å². The van der Waals surface area contributed by atoms with Crippen LogP contribution in [-0.2, 0) is 0 Å². The zero-order valence-corrected chi connectivity index (χ0v) is 23.2. The normalized spacial score (nSPS) is 10.3. The minimum atomic E-state index is -0.990. The summed E-state index contributed by atoms with van der Waals surface area (Å²) in [7, 11) is 0. The summed E-state index contributed by atoms with van der Waals surface area (Å²) in [6.07, 6.45) is 1.58. The van der Waals surface area contributed by atoms with E-state index in [2.05, 4.69) is 10.3 Å². The fraction of sp³-hybridized carbons (Fsp3) is 0. The quantitative estimate of drug-likeness (QED) is 0.215. The zero-order chi connectivity index (χ0) is 24.2. The Kier molecular flexibility index (Phi) is 10.6. The standard InChI is InChI=1S/C12H5Cl2F2IN2O.C7H2Cl3IO/c13-6-1-5(17)2-7(14)10(6)12(20)19-11-8(15)3-18-4-9(11)16;8-4-1-3(11)2-5(9)6(4)7(10)12/h1-4H,(H,18,19,20);1-2H. The number of nitrogens with one attached hydrogen (secondary N) is 1. The van der Waals surface area contributed by atoms with E-state index in [9.17, 15) is 18.4 Å². The fourth-order valence-electron chi connectivity index (χ4n) is 2.20. The van der Waals surface area contributed by atoms with Gasteiger partial charge in [0.1, 0.15) is 5.69 Å². The second kappa shape index (κ2) is 12.3. The van der Waals surface area contributed by atoms with Gasteiger partial charge in [0.05, 0.1) is 43.6 Å². The fourth-order valence-corrected chi connectivity index (χ4v) is 5.80. The zero-order valence-electron chi connectivity index (χ0n) is 15.1. The van der Waals surface area contributed by atoms with Gasteiger partial charge in [-0.2, -0.15) is 0 Å². The Balaban J connectivity index is 0.000000258. The monoisotopic (exact) mass is 762 g/mol. The molecule has 3 rings (SSSR count). The van der Waals surface area contributed by atoms with E-state index in [1.807, 2.05) is 45.2 Å². The van der Waals surface area contributed by atoms with Crippen molar-refractivity contribution in [3.8, 4) is 0 Å². The molecule has 13 heteroatoms. The van der Waals surface area contributed by atoms with Crippen molar-refractivity contribution in [2.45, 2.75) is 0 Å². The summed E-state index contributed by atoms with van der Waals surface area (Å²) in [5.41, 5.74) is -0.486. The van der Waals surface area contributed by atoms with Crippen molar-refractivity contribution in [2.24, 2.45) is 0 Å². The van der Waals surface area contributed by atoms with Crippen molar-refractivity contribution in [1.82, 2.24) is 4.98 Å². The average Bonchev–Trinajstić information content (AvgIpc) is 2.63. The second-order valence-corrected chi connectivity index (χ2v) is 10.2. The molecule has 168 valence electrons. The maximum Gasteiger partial charge on any atom is 0.258 e. The molecule has 1 aromatic heterocycles. The van der Waals surface area contributed by atoms with Crippen LogP contribution in [0.1, 0.15) is 20.7 Å². The van der Waals surface area contributed by atoms with Crippen LogP contribution in [0.5, 0.6) is 0 Å². The summed E-state index contributed by atoms with van der Waals surface area (Å²) < 4.78 is 28.4. The number of pyridine rings is 1. The first-order valence-corrected chi connectivity index (χ1v) is 12.1. The van der Waals surface area contributed by atoms with E-state index in [4.69, 9.17) is 58.0 Å². The third kappa shape index (κ3) is 7.25. The lowest BCUT2D eigenvalue weighted by Gasteiger charge is -2.10. The van der Waals surface area contributed by atoms with Crippen LogP contribution < -0.4 is 5.32 Å². The lowest BCUT2D eigenvalue weighted by atomic mass is 10.2. The van der Waals surface area contributed by atoms with Gasteiger partial charge in [-0.1, -0.05) is 46.4 Å². The number of anilines is 1. The van der Waals surface area contributed by atoms with Gasteiger partial charge in [0.2, 0.25) is 0 Å². The molecule has 1 heterocycles. The summed E-state index contributed by atoms with van der Waals surface area (Å²) in [6, 6.07) is 6.29. The molecule has 0 aliphatic carbocycles. The summed E-state index contributed by atoms with van der Waals surface area (Å²) in [6.45, 7) is 0. The van der Waals surface area contributed by atoms with Gasteiger partial charge in [-0.15, -0.1) is 0 Å². The summed E-state index contributed by atoms with van der Waals surface area (Å²) in [4.78, 5) is 26.1. The highest BCUT2D eigenvalue weighted by Gasteiger charge is 2.19. The number of carbonyl (C=O) groups is 2. The van der Waals surface area contributed by atoms with Crippen molar-refractivity contribution in [3.05, 3.63) is 86.7 Å². The van der Waals surface area contributed by atoms with Crippen LogP contribution in [0.15, 0.2) is 36.7 Å². The van der Waals surface area contributed by atoms with Crippen LogP contribution in [0, 0.1) is 18.8 Å². The van der Waals surface area contributed by atoms with Gasteiger partial charge in [0, 0.05) is 7.14 Å². The predicted octanol–water partition coefficient (Wildman–Crippen LogP) is 8.50. The van der Waals surface area contributed by atoms with Crippen LogP contribution in [0.25, 0.3) is 0 Å².